The average molecular weight is 1220 g/mol. The lowest BCUT2D eigenvalue weighted by atomic mass is 9.84. The number of aromatic nitrogens is 7. The van der Waals surface area contributed by atoms with Gasteiger partial charge in [0.1, 0.15) is 84.5 Å². The third kappa shape index (κ3) is 14.3. The van der Waals surface area contributed by atoms with E-state index in [1.54, 1.807) is 10.9 Å². The fraction of sp³-hybridized carbons (Fsp3) is 0.621. The first kappa shape index (κ1) is 63.1. The molecule has 476 valence electrons. The summed E-state index contributed by atoms with van der Waals surface area (Å²) in [6.07, 6.45) is -10.3. The van der Waals surface area contributed by atoms with E-state index in [2.05, 4.69) is 49.4 Å². The summed E-state index contributed by atoms with van der Waals surface area (Å²) in [5.74, 6) is 8.36. The van der Waals surface area contributed by atoms with Crippen molar-refractivity contribution in [3.05, 3.63) is 72.6 Å². The number of hydrazine groups is 1. The zero-order valence-corrected chi connectivity index (χ0v) is 48.6. The van der Waals surface area contributed by atoms with Crippen LogP contribution >= 0.6 is 0 Å². The minimum absolute atomic E-state index is 0.0125. The Morgan fingerprint density at radius 2 is 1.13 bits per heavy atom. The summed E-state index contributed by atoms with van der Waals surface area (Å²) in [4.78, 5) is 19.1. The van der Waals surface area contributed by atoms with Gasteiger partial charge >= 0.3 is 0 Å². The maximum Gasteiger partial charge on any atom is 0.187 e. The molecule has 7 heterocycles. The number of imidazole rings is 2. The molecule has 0 unspecified atom stereocenters. The molecule has 1 saturated carbocycles. The lowest BCUT2D eigenvalue weighted by molar-refractivity contribution is -0.306. The molecule has 1 aliphatic carbocycles. The van der Waals surface area contributed by atoms with E-state index in [1.807, 2.05) is 41.4 Å². The van der Waals surface area contributed by atoms with Crippen LogP contribution in [-0.4, -0.2) is 233 Å². The summed E-state index contributed by atoms with van der Waals surface area (Å²) in [6, 6.07) is 16.2. The minimum atomic E-state index is -1.60. The van der Waals surface area contributed by atoms with Crippen molar-refractivity contribution < 1.29 is 63.8 Å². The second-order valence-corrected chi connectivity index (χ2v) is 23.7. The summed E-state index contributed by atoms with van der Waals surface area (Å²) >= 11 is 0. The molecular formula is C58H86N16O13. The number of unbranched alkanes of at least 4 members (excludes halogenated alkanes) is 6. The highest BCUT2D eigenvalue weighted by Crippen LogP contribution is 2.36. The predicted molar refractivity (Wildman–Crippen MR) is 317 cm³/mol. The number of nitrogens with zero attached hydrogens (tertiary/aromatic N) is 7. The van der Waals surface area contributed by atoms with E-state index in [0.29, 0.717) is 13.0 Å². The van der Waals surface area contributed by atoms with Crippen LogP contribution in [0.15, 0.2) is 66.9 Å². The Bertz CT molecular complexity index is 3150. The van der Waals surface area contributed by atoms with E-state index >= 15 is 0 Å². The molecule has 3 aromatic heterocycles. The molecule has 5 fully saturated rings. The highest BCUT2D eigenvalue weighted by Gasteiger charge is 2.55. The molecule has 0 amide bonds. The number of rotatable bonds is 24. The summed E-state index contributed by atoms with van der Waals surface area (Å²) in [5, 5.41) is 76.5. The number of anilines is 1. The third-order valence-electron chi connectivity index (χ3n) is 17.5. The fourth-order valence-corrected chi connectivity index (χ4v) is 12.3. The van der Waals surface area contributed by atoms with E-state index in [1.165, 1.54) is 0 Å². The van der Waals surface area contributed by atoms with Crippen LogP contribution in [0.4, 0.5) is 5.69 Å². The number of ether oxygens (including phenoxy) is 7. The van der Waals surface area contributed by atoms with Gasteiger partial charge in [0.2, 0.25) is 0 Å². The standard InChI is InChI=1S/C58H86N16O13/c59-25-40-46(76)48(78)43(63)56(82-40)85-51-35(62)24-34(61)45(75)53(51)87-58-50(80)52(86-57-44(64)49(79)47(77)41(26-60)83-57)42(84-58)28-74-27-31(70-71-74)8-6-4-2-1-3-5-7-21-81-33-13-9-29(10-14-33)54-66-36-15-11-30(22-38(36)68-54)55-67-37-16-12-32(23-39(37)69-55)72-17-19-73(65)20-18-72/h9-16,22-23,27,34-35,40-53,56-58,75-80H,1-8,17-21,24-26,28,59-65H2,(H,66,68)(H,67,69)/t34-,35+,40-,41-,42-,43-,44+,45+,46-,47+,48-,49+,50-,51-,52-,53-,56-,57+,58+/m1/s1. The predicted octanol–water partition coefficient (Wildman–Crippen LogP) is -2.16. The van der Waals surface area contributed by atoms with Crippen LogP contribution in [0.1, 0.15) is 57.1 Å². The van der Waals surface area contributed by atoms with Gasteiger partial charge in [-0.15, -0.1) is 5.10 Å². The maximum atomic E-state index is 11.9. The highest BCUT2D eigenvalue weighted by atomic mass is 16.8. The molecule has 22 N–H and O–H groups in total. The SMILES string of the molecule is NC[C@H]1O[C@@H](O[C@H]2[C@@H](O)[C@H](O[C@@H]3[C@@H](O)[C@H](N)C[C@H](N)[C@H]3O[C@H]3O[C@H](CN)[C@@H](O)[C@H](O)[C@H]3N)O[C@@H]2Cn2cc(CCCCCCCCCOc3ccc(-c4nc5ccc(-c6nc7ccc(N8CCN(N)CC8)cc7[nH]6)cc5[nH]4)cc3)nn2)[C@@H](N)[C@H](O)[C@H]1O. The molecule has 0 bridgehead atoms. The number of benzene rings is 3. The molecule has 29 nitrogen and oxygen atoms in total. The Morgan fingerprint density at radius 3 is 1.78 bits per heavy atom. The number of nitrogens with one attached hydrogen (secondary N) is 2. The van der Waals surface area contributed by atoms with Gasteiger partial charge in [-0.05, 0) is 86.3 Å². The van der Waals surface area contributed by atoms with E-state index in [4.69, 9.17) is 83.4 Å². The van der Waals surface area contributed by atoms with Crippen molar-refractivity contribution in [2.45, 2.75) is 181 Å². The minimum Gasteiger partial charge on any atom is -0.494 e. The monoisotopic (exact) mass is 1210 g/mol. The number of hydrogen-bond acceptors (Lipinski definition) is 26. The van der Waals surface area contributed by atoms with Gasteiger partial charge in [0.05, 0.1) is 59.1 Å². The second-order valence-electron chi connectivity index (χ2n) is 23.7. The average Bonchev–Trinajstić information content (AvgIpc) is 2.62. The smallest absolute Gasteiger partial charge is 0.187 e. The van der Waals surface area contributed by atoms with Gasteiger partial charge < -0.3 is 113 Å². The van der Waals surface area contributed by atoms with Crippen LogP contribution < -0.4 is 49.9 Å². The number of nitrogens with two attached hydrogens (primary N) is 7. The first-order valence-electron chi connectivity index (χ1n) is 30.3. The van der Waals surface area contributed by atoms with Gasteiger partial charge in [-0.2, -0.15) is 0 Å². The van der Waals surface area contributed by atoms with Crippen LogP contribution in [0, 0.1) is 0 Å². The third-order valence-corrected chi connectivity index (χ3v) is 17.5. The largest absolute Gasteiger partial charge is 0.494 e. The van der Waals surface area contributed by atoms with Crippen molar-refractivity contribution in [3.8, 4) is 28.5 Å². The zero-order valence-electron chi connectivity index (χ0n) is 48.6. The Hall–Kier alpha value is -5.46. The van der Waals surface area contributed by atoms with Crippen molar-refractivity contribution >= 4 is 27.8 Å². The Kier molecular flexibility index (Phi) is 20.4. The molecule has 11 rings (SSSR count). The molecule has 6 aromatic rings. The molecule has 0 radical (unpaired) electrons. The van der Waals surface area contributed by atoms with E-state index in [0.717, 1.165) is 133 Å². The number of H-pyrrole nitrogens is 2. The van der Waals surface area contributed by atoms with E-state index in [9.17, 15) is 30.6 Å². The number of aromatic amines is 2. The van der Waals surface area contributed by atoms with Gasteiger partial charge in [0, 0.05) is 74.4 Å². The topological polar surface area (TPSA) is 463 Å². The summed E-state index contributed by atoms with van der Waals surface area (Å²) in [5.41, 5.74) is 44.6. The van der Waals surface area contributed by atoms with Crippen LogP contribution in [0.2, 0.25) is 0 Å². The number of hydrogen-bond donors (Lipinski definition) is 15. The van der Waals surface area contributed by atoms with E-state index in [-0.39, 0.29) is 26.1 Å². The number of aliphatic hydroxyl groups excluding tert-OH is 6. The van der Waals surface area contributed by atoms with Gasteiger partial charge in [-0.25, -0.2) is 19.7 Å². The maximum absolute atomic E-state index is 11.9. The Balaban J connectivity index is 0.626. The molecule has 0 spiro atoms. The zero-order chi connectivity index (χ0) is 61.0. The lowest BCUT2D eigenvalue weighted by Crippen LogP contribution is -2.68. The molecular weight excluding hydrogens is 1130 g/mol. The van der Waals surface area contributed by atoms with Crippen molar-refractivity contribution in [1.29, 1.82) is 0 Å². The Labute approximate surface area is 502 Å². The first-order valence-corrected chi connectivity index (χ1v) is 30.3. The fourth-order valence-electron chi connectivity index (χ4n) is 12.3. The normalized spacial score (nSPS) is 33.5. The quantitative estimate of drug-likeness (QED) is 0.0227. The van der Waals surface area contributed by atoms with Gasteiger partial charge in [0.25, 0.3) is 0 Å². The van der Waals surface area contributed by atoms with E-state index < -0.39 is 116 Å². The van der Waals surface area contributed by atoms with Crippen LogP contribution in [0.3, 0.4) is 0 Å². The summed E-state index contributed by atoms with van der Waals surface area (Å²) < 4.78 is 44.5. The van der Waals surface area contributed by atoms with Crippen LogP contribution in [-0.2, 0) is 41.4 Å². The van der Waals surface area contributed by atoms with Crippen molar-refractivity contribution in [1.82, 2.24) is 39.9 Å². The lowest BCUT2D eigenvalue weighted by Gasteiger charge is -2.47. The Morgan fingerprint density at radius 1 is 0.563 bits per heavy atom. The highest BCUT2D eigenvalue weighted by molar-refractivity contribution is 5.87. The van der Waals surface area contributed by atoms with Crippen molar-refractivity contribution in [2.75, 3.05) is 50.8 Å². The number of fused-ring (bicyclic) bond motifs is 2. The second kappa shape index (κ2) is 28.2. The molecule has 4 aliphatic heterocycles. The molecule has 3 aromatic carbocycles. The molecule has 87 heavy (non-hydrogen) atoms. The van der Waals surface area contributed by atoms with Gasteiger partial charge in [0.15, 0.2) is 18.9 Å². The van der Waals surface area contributed by atoms with Gasteiger partial charge in [-0.3, -0.25) is 5.84 Å². The van der Waals surface area contributed by atoms with Crippen LogP contribution in [0.25, 0.3) is 44.8 Å². The van der Waals surface area contributed by atoms with Gasteiger partial charge in [-0.1, -0.05) is 37.3 Å². The van der Waals surface area contributed by atoms with Crippen LogP contribution in [0.5, 0.6) is 5.75 Å². The molecule has 19 atom stereocenters. The number of piperazine rings is 1. The van der Waals surface area contributed by atoms with Crippen molar-refractivity contribution in [2.24, 2.45) is 40.2 Å². The van der Waals surface area contributed by atoms with Crippen molar-refractivity contribution in [3.63, 3.8) is 0 Å². The number of aliphatic hydroxyl groups is 6. The first-order chi connectivity index (χ1) is 42.0. The summed E-state index contributed by atoms with van der Waals surface area (Å²) in [6.45, 7) is 3.71. The summed E-state index contributed by atoms with van der Waals surface area (Å²) in [7, 11) is 0. The molecule has 4 saturated heterocycles. The molecule has 29 heteroatoms. The molecule has 5 aliphatic rings. The number of aryl methyl sites for hydroxylation is 1.